The highest BCUT2D eigenvalue weighted by Gasteiger charge is 2.16. The predicted molar refractivity (Wildman–Crippen MR) is 79.1 cm³/mol. The van der Waals surface area contributed by atoms with Gasteiger partial charge in [0.1, 0.15) is 5.82 Å². The number of hydrogen-bond donors (Lipinski definition) is 1. The van der Waals surface area contributed by atoms with Gasteiger partial charge in [0.15, 0.2) is 0 Å². The van der Waals surface area contributed by atoms with Crippen LogP contribution in [0.5, 0.6) is 5.88 Å². The number of amides is 1. The predicted octanol–water partition coefficient (Wildman–Crippen LogP) is 3.54. The van der Waals surface area contributed by atoms with Gasteiger partial charge in [-0.3, -0.25) is 4.90 Å². The molecule has 0 aliphatic rings. The Morgan fingerprint density at radius 2 is 2.00 bits per heavy atom. The minimum absolute atomic E-state index is 0.225. The first-order valence-electron chi connectivity index (χ1n) is 5.86. The maximum absolute atomic E-state index is 11.4. The lowest BCUT2D eigenvalue weighted by Gasteiger charge is -2.18. The standard InChI is InChI=1S/C14H13BrN2O3/c1-20-13-4-2-3-12(16-13)17(14(18)19)9-10-5-7-11(15)8-6-10/h2-8H,9H2,1H3,(H,18,19). The van der Waals surface area contributed by atoms with Gasteiger partial charge in [-0.15, -0.1) is 0 Å². The zero-order valence-electron chi connectivity index (χ0n) is 10.8. The number of halogens is 1. The molecule has 2 rings (SSSR count). The van der Waals surface area contributed by atoms with Gasteiger partial charge in [-0.05, 0) is 23.8 Å². The van der Waals surface area contributed by atoms with E-state index < -0.39 is 6.09 Å². The fourth-order valence-corrected chi connectivity index (χ4v) is 1.95. The van der Waals surface area contributed by atoms with Crippen LogP contribution >= 0.6 is 15.9 Å². The first-order chi connectivity index (χ1) is 9.60. The van der Waals surface area contributed by atoms with E-state index in [9.17, 15) is 9.90 Å². The SMILES string of the molecule is COc1cccc(N(Cc2ccc(Br)cc2)C(=O)O)n1. The first kappa shape index (κ1) is 14.3. The number of aromatic nitrogens is 1. The zero-order chi connectivity index (χ0) is 14.5. The van der Waals surface area contributed by atoms with Crippen molar-refractivity contribution in [1.82, 2.24) is 4.98 Å². The van der Waals surface area contributed by atoms with Crippen LogP contribution in [0.1, 0.15) is 5.56 Å². The van der Waals surface area contributed by atoms with Gasteiger partial charge in [0.25, 0.3) is 0 Å². The van der Waals surface area contributed by atoms with Crippen LogP contribution in [-0.4, -0.2) is 23.3 Å². The minimum atomic E-state index is -1.06. The first-order valence-corrected chi connectivity index (χ1v) is 6.65. The van der Waals surface area contributed by atoms with E-state index in [1.54, 1.807) is 18.2 Å². The number of carboxylic acid groups (broad SMARTS) is 1. The molecule has 20 heavy (non-hydrogen) atoms. The van der Waals surface area contributed by atoms with Crippen molar-refractivity contribution in [2.24, 2.45) is 0 Å². The van der Waals surface area contributed by atoms with Crippen LogP contribution < -0.4 is 9.64 Å². The normalized spacial score (nSPS) is 10.1. The molecule has 0 saturated heterocycles. The number of anilines is 1. The van der Waals surface area contributed by atoms with Crippen molar-refractivity contribution in [3.63, 3.8) is 0 Å². The Labute approximate surface area is 124 Å². The Morgan fingerprint density at radius 3 is 2.60 bits per heavy atom. The lowest BCUT2D eigenvalue weighted by atomic mass is 10.2. The summed E-state index contributed by atoms with van der Waals surface area (Å²) in [5.74, 6) is 0.712. The van der Waals surface area contributed by atoms with Crippen molar-refractivity contribution in [3.8, 4) is 5.88 Å². The number of methoxy groups -OCH3 is 1. The van der Waals surface area contributed by atoms with Crippen LogP contribution in [0.2, 0.25) is 0 Å². The van der Waals surface area contributed by atoms with E-state index in [4.69, 9.17) is 4.74 Å². The second-order valence-electron chi connectivity index (χ2n) is 4.03. The molecule has 0 aliphatic heterocycles. The summed E-state index contributed by atoms with van der Waals surface area (Å²) in [6.07, 6.45) is -1.06. The molecule has 0 saturated carbocycles. The Kier molecular flexibility index (Phi) is 4.57. The number of hydrogen-bond acceptors (Lipinski definition) is 3. The molecule has 0 radical (unpaired) electrons. The fourth-order valence-electron chi connectivity index (χ4n) is 1.69. The molecule has 1 heterocycles. The minimum Gasteiger partial charge on any atom is -0.481 e. The Bertz CT molecular complexity index is 602. The van der Waals surface area contributed by atoms with Gasteiger partial charge in [0.05, 0.1) is 13.7 Å². The van der Waals surface area contributed by atoms with Gasteiger partial charge >= 0.3 is 6.09 Å². The smallest absolute Gasteiger partial charge is 0.413 e. The van der Waals surface area contributed by atoms with E-state index in [-0.39, 0.29) is 6.54 Å². The van der Waals surface area contributed by atoms with Crippen LogP contribution in [0.3, 0.4) is 0 Å². The highest BCUT2D eigenvalue weighted by atomic mass is 79.9. The molecule has 1 amide bonds. The summed E-state index contributed by atoms with van der Waals surface area (Å²) in [6.45, 7) is 0.225. The third-order valence-electron chi connectivity index (χ3n) is 2.68. The van der Waals surface area contributed by atoms with E-state index >= 15 is 0 Å². The Hall–Kier alpha value is -2.08. The van der Waals surface area contributed by atoms with Crippen molar-refractivity contribution in [2.45, 2.75) is 6.54 Å². The van der Waals surface area contributed by atoms with Crippen molar-refractivity contribution < 1.29 is 14.6 Å². The van der Waals surface area contributed by atoms with Gasteiger partial charge in [-0.1, -0.05) is 34.1 Å². The van der Waals surface area contributed by atoms with Crippen molar-refractivity contribution in [2.75, 3.05) is 12.0 Å². The lowest BCUT2D eigenvalue weighted by Crippen LogP contribution is -2.29. The number of pyridine rings is 1. The average molecular weight is 337 g/mol. The van der Waals surface area contributed by atoms with E-state index in [0.29, 0.717) is 11.7 Å². The molecule has 0 atom stereocenters. The van der Waals surface area contributed by atoms with Crippen molar-refractivity contribution in [3.05, 3.63) is 52.5 Å². The molecule has 0 aliphatic carbocycles. The summed E-state index contributed by atoms with van der Waals surface area (Å²) in [6, 6.07) is 12.5. The van der Waals surface area contributed by atoms with E-state index in [1.165, 1.54) is 12.0 Å². The van der Waals surface area contributed by atoms with Crippen LogP contribution in [0.4, 0.5) is 10.6 Å². The number of nitrogens with zero attached hydrogens (tertiary/aromatic N) is 2. The fraction of sp³-hybridized carbons (Fsp3) is 0.143. The number of ether oxygens (including phenoxy) is 1. The molecule has 0 spiro atoms. The maximum atomic E-state index is 11.4. The molecule has 6 heteroatoms. The molecule has 0 unspecified atom stereocenters. The van der Waals surface area contributed by atoms with Crippen LogP contribution in [0.25, 0.3) is 0 Å². The van der Waals surface area contributed by atoms with Gasteiger partial charge < -0.3 is 9.84 Å². The molecular weight excluding hydrogens is 324 g/mol. The molecule has 1 N–H and O–H groups in total. The van der Waals surface area contributed by atoms with Crippen molar-refractivity contribution >= 4 is 27.8 Å². The van der Waals surface area contributed by atoms with Gasteiger partial charge in [-0.25, -0.2) is 4.79 Å². The van der Waals surface area contributed by atoms with E-state index in [0.717, 1.165) is 10.0 Å². The largest absolute Gasteiger partial charge is 0.481 e. The monoisotopic (exact) mass is 336 g/mol. The van der Waals surface area contributed by atoms with Crippen LogP contribution in [0, 0.1) is 0 Å². The lowest BCUT2D eigenvalue weighted by molar-refractivity contribution is 0.201. The van der Waals surface area contributed by atoms with Gasteiger partial charge in [0.2, 0.25) is 5.88 Å². The zero-order valence-corrected chi connectivity index (χ0v) is 12.4. The average Bonchev–Trinajstić information content (AvgIpc) is 2.46. The highest BCUT2D eigenvalue weighted by molar-refractivity contribution is 9.10. The quantitative estimate of drug-likeness (QED) is 0.927. The Morgan fingerprint density at radius 1 is 1.30 bits per heavy atom. The van der Waals surface area contributed by atoms with Crippen LogP contribution in [0.15, 0.2) is 46.9 Å². The van der Waals surface area contributed by atoms with Gasteiger partial charge in [0, 0.05) is 10.5 Å². The van der Waals surface area contributed by atoms with E-state index in [2.05, 4.69) is 20.9 Å². The summed E-state index contributed by atoms with van der Waals surface area (Å²) >= 11 is 3.35. The van der Waals surface area contributed by atoms with E-state index in [1.807, 2.05) is 24.3 Å². The van der Waals surface area contributed by atoms with Crippen molar-refractivity contribution in [1.29, 1.82) is 0 Å². The molecule has 1 aromatic carbocycles. The number of rotatable bonds is 4. The second-order valence-corrected chi connectivity index (χ2v) is 4.95. The summed E-state index contributed by atoms with van der Waals surface area (Å²) < 4.78 is 5.96. The molecule has 0 fully saturated rings. The maximum Gasteiger partial charge on any atom is 0.413 e. The van der Waals surface area contributed by atoms with Gasteiger partial charge in [-0.2, -0.15) is 4.98 Å². The second kappa shape index (κ2) is 6.38. The Balaban J connectivity index is 2.26. The summed E-state index contributed by atoms with van der Waals surface area (Å²) in [7, 11) is 1.49. The summed E-state index contributed by atoms with van der Waals surface area (Å²) in [5.41, 5.74) is 0.875. The third-order valence-corrected chi connectivity index (χ3v) is 3.21. The molecule has 5 nitrogen and oxygen atoms in total. The molecule has 1 aromatic heterocycles. The molecular formula is C14H13BrN2O3. The molecule has 2 aromatic rings. The molecule has 104 valence electrons. The van der Waals surface area contributed by atoms with Crippen LogP contribution in [-0.2, 0) is 6.54 Å². The number of carbonyl (C=O) groups is 1. The molecule has 0 bridgehead atoms. The third kappa shape index (κ3) is 3.48. The summed E-state index contributed by atoms with van der Waals surface area (Å²) in [4.78, 5) is 16.7. The highest BCUT2D eigenvalue weighted by Crippen LogP contribution is 2.19. The number of benzene rings is 1. The summed E-state index contributed by atoms with van der Waals surface area (Å²) in [5, 5.41) is 9.34. The topological polar surface area (TPSA) is 62.7 Å².